The number of nitrogens with zero attached hydrogens (tertiary/aromatic N) is 2. The molecule has 0 saturated heterocycles. The van der Waals surface area contributed by atoms with Crippen molar-refractivity contribution >= 4 is 40.9 Å². The normalized spacial score (nSPS) is 11.5. The zero-order chi connectivity index (χ0) is 18.4. The number of halogens is 2. The molecule has 0 fully saturated rings. The van der Waals surface area contributed by atoms with Crippen LogP contribution in [-0.2, 0) is 9.53 Å². The Morgan fingerprint density at radius 1 is 1.32 bits per heavy atom. The number of pyridine rings is 2. The molecule has 0 spiro atoms. The standard InChI is InChI=1S/C16H15Cl2N3O4/c1-3-24-15-11(5-4-6-19-15)16(23)25-9(2)14(22)21-13-12(18)7-10(17)8-20-13/h4-9H,3H2,1-2H3,(H,20,21,22). The number of hydrogen-bond donors (Lipinski definition) is 1. The highest BCUT2D eigenvalue weighted by Crippen LogP contribution is 2.23. The molecule has 1 unspecified atom stereocenters. The summed E-state index contributed by atoms with van der Waals surface area (Å²) >= 11 is 11.7. The van der Waals surface area contributed by atoms with Crippen LogP contribution in [0, 0.1) is 0 Å². The van der Waals surface area contributed by atoms with Crippen molar-refractivity contribution in [2.45, 2.75) is 20.0 Å². The Kier molecular flexibility index (Phi) is 6.55. The second-order valence-corrected chi connectivity index (χ2v) is 5.65. The van der Waals surface area contributed by atoms with Gasteiger partial charge in [-0.25, -0.2) is 14.8 Å². The van der Waals surface area contributed by atoms with Gasteiger partial charge in [-0.2, -0.15) is 0 Å². The number of ether oxygens (including phenoxy) is 2. The monoisotopic (exact) mass is 383 g/mol. The van der Waals surface area contributed by atoms with Crippen molar-refractivity contribution in [3.63, 3.8) is 0 Å². The topological polar surface area (TPSA) is 90.4 Å². The fourth-order valence-electron chi connectivity index (χ4n) is 1.80. The highest BCUT2D eigenvalue weighted by atomic mass is 35.5. The number of anilines is 1. The van der Waals surface area contributed by atoms with Gasteiger partial charge in [0.25, 0.3) is 5.91 Å². The van der Waals surface area contributed by atoms with Crippen LogP contribution in [0.3, 0.4) is 0 Å². The molecule has 0 aliphatic heterocycles. The minimum atomic E-state index is -1.09. The molecule has 0 aliphatic rings. The maximum atomic E-state index is 12.2. The maximum absolute atomic E-state index is 12.2. The van der Waals surface area contributed by atoms with E-state index >= 15 is 0 Å². The summed E-state index contributed by atoms with van der Waals surface area (Å²) in [5.41, 5.74) is 0.131. The van der Waals surface area contributed by atoms with Gasteiger partial charge in [-0.15, -0.1) is 0 Å². The zero-order valence-electron chi connectivity index (χ0n) is 13.5. The van der Waals surface area contributed by atoms with E-state index in [9.17, 15) is 9.59 Å². The third-order valence-electron chi connectivity index (χ3n) is 2.97. The largest absolute Gasteiger partial charge is 0.477 e. The number of aromatic nitrogens is 2. The Morgan fingerprint density at radius 3 is 2.76 bits per heavy atom. The first-order valence-electron chi connectivity index (χ1n) is 7.33. The summed E-state index contributed by atoms with van der Waals surface area (Å²) in [6.45, 7) is 3.53. The number of rotatable bonds is 6. The van der Waals surface area contributed by atoms with Crippen molar-refractivity contribution in [2.24, 2.45) is 0 Å². The molecule has 0 saturated carbocycles. The van der Waals surface area contributed by atoms with Gasteiger partial charge in [-0.1, -0.05) is 23.2 Å². The molecule has 2 rings (SSSR count). The first-order valence-corrected chi connectivity index (χ1v) is 8.08. The van der Waals surface area contributed by atoms with E-state index in [2.05, 4.69) is 15.3 Å². The van der Waals surface area contributed by atoms with Crippen LogP contribution in [0.25, 0.3) is 0 Å². The van der Waals surface area contributed by atoms with Gasteiger partial charge in [0, 0.05) is 12.4 Å². The molecule has 2 heterocycles. The molecule has 9 heteroatoms. The van der Waals surface area contributed by atoms with Crippen molar-refractivity contribution in [1.29, 1.82) is 0 Å². The Balaban J connectivity index is 2.04. The number of esters is 1. The highest BCUT2D eigenvalue weighted by molar-refractivity contribution is 6.36. The average Bonchev–Trinajstić information content (AvgIpc) is 2.58. The molecule has 1 N–H and O–H groups in total. The van der Waals surface area contributed by atoms with Crippen LogP contribution < -0.4 is 10.1 Å². The lowest BCUT2D eigenvalue weighted by atomic mass is 10.2. The van der Waals surface area contributed by atoms with Crippen molar-refractivity contribution in [3.8, 4) is 5.88 Å². The Labute approximate surface area is 154 Å². The molecule has 1 atom stereocenters. The average molecular weight is 384 g/mol. The number of amides is 1. The van der Waals surface area contributed by atoms with E-state index in [1.165, 1.54) is 31.5 Å². The second-order valence-electron chi connectivity index (χ2n) is 4.81. The lowest BCUT2D eigenvalue weighted by molar-refractivity contribution is -0.123. The van der Waals surface area contributed by atoms with Crippen LogP contribution in [0.1, 0.15) is 24.2 Å². The summed E-state index contributed by atoms with van der Waals surface area (Å²) in [4.78, 5) is 32.3. The van der Waals surface area contributed by atoms with Crippen LogP contribution in [0.15, 0.2) is 30.6 Å². The molecule has 0 aliphatic carbocycles. The van der Waals surface area contributed by atoms with Crippen LogP contribution in [0.4, 0.5) is 5.82 Å². The van der Waals surface area contributed by atoms with Crippen LogP contribution >= 0.6 is 23.2 Å². The van der Waals surface area contributed by atoms with Crippen molar-refractivity contribution in [1.82, 2.24) is 9.97 Å². The van der Waals surface area contributed by atoms with Gasteiger partial charge < -0.3 is 14.8 Å². The van der Waals surface area contributed by atoms with E-state index in [1.807, 2.05) is 0 Å². The van der Waals surface area contributed by atoms with E-state index in [4.69, 9.17) is 32.7 Å². The molecule has 7 nitrogen and oxygen atoms in total. The molecule has 132 valence electrons. The van der Waals surface area contributed by atoms with Crippen molar-refractivity contribution in [3.05, 3.63) is 46.2 Å². The minimum Gasteiger partial charge on any atom is -0.477 e. The third kappa shape index (κ3) is 5.04. The SMILES string of the molecule is CCOc1ncccc1C(=O)OC(C)C(=O)Nc1ncc(Cl)cc1Cl. The van der Waals surface area contributed by atoms with Gasteiger partial charge in [0.1, 0.15) is 5.56 Å². The molecule has 1 amide bonds. The van der Waals surface area contributed by atoms with Crippen molar-refractivity contribution in [2.75, 3.05) is 11.9 Å². The summed E-state index contributed by atoms with van der Waals surface area (Å²) in [6, 6.07) is 4.51. The second kappa shape index (κ2) is 8.64. The van der Waals surface area contributed by atoms with E-state index in [-0.39, 0.29) is 22.3 Å². The van der Waals surface area contributed by atoms with Crippen LogP contribution in [0.2, 0.25) is 10.0 Å². The Bertz CT molecular complexity index is 786. The Hall–Kier alpha value is -2.38. The molecule has 25 heavy (non-hydrogen) atoms. The minimum absolute atomic E-state index is 0.121. The zero-order valence-corrected chi connectivity index (χ0v) is 15.0. The lowest BCUT2D eigenvalue weighted by Crippen LogP contribution is -2.30. The number of nitrogens with one attached hydrogen (secondary N) is 1. The molecule has 0 bridgehead atoms. The molecule has 0 radical (unpaired) electrons. The van der Waals surface area contributed by atoms with Gasteiger partial charge in [0.15, 0.2) is 11.9 Å². The van der Waals surface area contributed by atoms with Gasteiger partial charge in [0.2, 0.25) is 5.88 Å². The fraction of sp³-hybridized carbons (Fsp3) is 0.250. The summed E-state index contributed by atoms with van der Waals surface area (Å²) in [5, 5.41) is 2.98. The molecule has 2 aromatic rings. The summed E-state index contributed by atoms with van der Waals surface area (Å²) in [5.74, 6) is -1.05. The first kappa shape index (κ1) is 19.0. The first-order chi connectivity index (χ1) is 11.9. The number of hydrogen-bond acceptors (Lipinski definition) is 6. The predicted molar refractivity (Wildman–Crippen MR) is 93.2 cm³/mol. The molecular weight excluding hydrogens is 369 g/mol. The van der Waals surface area contributed by atoms with E-state index < -0.39 is 18.0 Å². The predicted octanol–water partition coefficient (Wildman–Crippen LogP) is 3.37. The molecule has 2 aromatic heterocycles. The number of carbonyl (C=O) groups excluding carboxylic acids is 2. The quantitative estimate of drug-likeness (QED) is 0.768. The highest BCUT2D eigenvalue weighted by Gasteiger charge is 2.22. The molecular formula is C16H15Cl2N3O4. The fourth-order valence-corrected chi connectivity index (χ4v) is 2.23. The Morgan fingerprint density at radius 2 is 2.08 bits per heavy atom. The van der Waals surface area contributed by atoms with Gasteiger partial charge in [-0.05, 0) is 32.0 Å². The molecule has 0 aromatic carbocycles. The summed E-state index contributed by atoms with van der Waals surface area (Å²) in [6.07, 6.45) is 1.74. The van der Waals surface area contributed by atoms with Gasteiger partial charge in [-0.3, -0.25) is 4.79 Å². The van der Waals surface area contributed by atoms with Crippen molar-refractivity contribution < 1.29 is 19.1 Å². The lowest BCUT2D eigenvalue weighted by Gasteiger charge is -2.14. The van der Waals surface area contributed by atoms with Crippen LogP contribution in [0.5, 0.6) is 5.88 Å². The van der Waals surface area contributed by atoms with E-state index in [0.717, 1.165) is 0 Å². The van der Waals surface area contributed by atoms with Gasteiger partial charge in [0.05, 0.1) is 16.7 Å². The third-order valence-corrected chi connectivity index (χ3v) is 3.47. The summed E-state index contributed by atoms with van der Waals surface area (Å²) < 4.78 is 10.4. The summed E-state index contributed by atoms with van der Waals surface area (Å²) in [7, 11) is 0. The smallest absolute Gasteiger partial charge is 0.344 e. The van der Waals surface area contributed by atoms with Crippen LogP contribution in [-0.4, -0.2) is 34.6 Å². The maximum Gasteiger partial charge on any atom is 0.344 e. The number of carbonyl (C=O) groups is 2. The van der Waals surface area contributed by atoms with E-state index in [1.54, 1.807) is 13.0 Å². The van der Waals surface area contributed by atoms with Gasteiger partial charge >= 0.3 is 5.97 Å². The van der Waals surface area contributed by atoms with E-state index in [0.29, 0.717) is 11.6 Å².